The predicted molar refractivity (Wildman–Crippen MR) is 111 cm³/mol. The molecule has 2 amide bonds. The van der Waals surface area contributed by atoms with Gasteiger partial charge in [0.1, 0.15) is 17.1 Å². The molecule has 2 N–H and O–H groups in total. The molecule has 7 nitrogen and oxygen atoms in total. The Labute approximate surface area is 171 Å². The topological polar surface area (TPSA) is 81.0 Å². The van der Waals surface area contributed by atoms with Gasteiger partial charge in [-0.1, -0.05) is 18.2 Å². The van der Waals surface area contributed by atoms with Crippen LogP contribution in [0.4, 0.5) is 10.1 Å². The van der Waals surface area contributed by atoms with Crippen molar-refractivity contribution in [3.63, 3.8) is 0 Å². The van der Waals surface area contributed by atoms with Crippen molar-refractivity contribution < 1.29 is 14.0 Å². The molecule has 2 aromatic heterocycles. The maximum atomic E-state index is 14.4. The number of nitrogens with one attached hydrogen (secondary N) is 2. The lowest BCUT2D eigenvalue weighted by Crippen LogP contribution is -2.19. The Morgan fingerprint density at radius 1 is 0.967 bits per heavy atom. The highest BCUT2D eigenvalue weighted by Gasteiger charge is 2.21. The van der Waals surface area contributed by atoms with Crippen LogP contribution in [0.1, 0.15) is 20.7 Å². The quantitative estimate of drug-likeness (QED) is 0.536. The molecule has 0 unspecified atom stereocenters. The van der Waals surface area contributed by atoms with E-state index in [9.17, 15) is 14.0 Å². The highest BCUT2D eigenvalue weighted by molar-refractivity contribution is 6.07. The first-order chi connectivity index (χ1) is 14.6. The first kappa shape index (κ1) is 19.1. The second kappa shape index (κ2) is 8.04. The number of amides is 2. The maximum absolute atomic E-state index is 14.4. The zero-order valence-corrected chi connectivity index (χ0v) is 16.0. The van der Waals surface area contributed by atoms with E-state index in [1.807, 2.05) is 0 Å². The third-order valence-corrected chi connectivity index (χ3v) is 4.53. The molecule has 0 saturated carbocycles. The molecule has 0 aliphatic heterocycles. The van der Waals surface area contributed by atoms with E-state index in [1.54, 1.807) is 71.6 Å². The van der Waals surface area contributed by atoms with Gasteiger partial charge in [0.2, 0.25) is 0 Å². The van der Waals surface area contributed by atoms with Gasteiger partial charge in [-0.3, -0.25) is 9.59 Å². The largest absolute Gasteiger partial charge is 0.355 e. The number of halogens is 1. The van der Waals surface area contributed by atoms with E-state index in [2.05, 4.69) is 15.7 Å². The van der Waals surface area contributed by atoms with E-state index in [4.69, 9.17) is 0 Å². The summed E-state index contributed by atoms with van der Waals surface area (Å²) >= 11 is 0. The van der Waals surface area contributed by atoms with Crippen LogP contribution >= 0.6 is 0 Å². The molecule has 0 aliphatic rings. The summed E-state index contributed by atoms with van der Waals surface area (Å²) in [5.41, 5.74) is 1.35. The number of aromatic nitrogens is 3. The van der Waals surface area contributed by atoms with Gasteiger partial charge in [0, 0.05) is 30.7 Å². The zero-order valence-electron chi connectivity index (χ0n) is 16.0. The van der Waals surface area contributed by atoms with Gasteiger partial charge in [-0.2, -0.15) is 5.10 Å². The van der Waals surface area contributed by atoms with E-state index in [-0.39, 0.29) is 17.2 Å². The first-order valence-electron chi connectivity index (χ1n) is 9.18. The standard InChI is InChI=1S/C22H18FN5O2/c1-24-20(29)15-7-6-8-16(13-15)26-21(30)17-14-25-28(19-10-3-2-9-18(19)23)22(17)27-11-4-5-12-27/h2-14H,1H3,(H,24,29)(H,26,30). The summed E-state index contributed by atoms with van der Waals surface area (Å²) in [6, 6.07) is 16.4. The molecule has 0 radical (unpaired) electrons. The van der Waals surface area contributed by atoms with Crippen molar-refractivity contribution in [2.24, 2.45) is 0 Å². The van der Waals surface area contributed by atoms with Crippen molar-refractivity contribution in [3.05, 3.63) is 96.2 Å². The molecule has 2 heterocycles. The van der Waals surface area contributed by atoms with Crippen LogP contribution in [0.15, 0.2) is 79.3 Å². The maximum Gasteiger partial charge on any atom is 0.261 e. The second-order valence-electron chi connectivity index (χ2n) is 6.45. The third kappa shape index (κ3) is 3.58. The number of hydrogen-bond acceptors (Lipinski definition) is 3. The van der Waals surface area contributed by atoms with E-state index in [0.29, 0.717) is 17.1 Å². The molecule has 0 atom stereocenters. The summed E-state index contributed by atoms with van der Waals surface area (Å²) in [6.45, 7) is 0. The Morgan fingerprint density at radius 2 is 1.73 bits per heavy atom. The van der Waals surface area contributed by atoms with E-state index in [1.165, 1.54) is 24.0 Å². The Balaban J connectivity index is 1.74. The molecule has 2 aromatic carbocycles. The van der Waals surface area contributed by atoms with Crippen molar-refractivity contribution in [2.75, 3.05) is 12.4 Å². The summed E-state index contributed by atoms with van der Waals surface area (Å²) in [4.78, 5) is 24.9. The molecule has 0 saturated heterocycles. The van der Waals surface area contributed by atoms with Crippen LogP contribution in [0, 0.1) is 5.82 Å². The van der Waals surface area contributed by atoms with Crippen LogP contribution in [0.25, 0.3) is 11.5 Å². The summed E-state index contributed by atoms with van der Waals surface area (Å²) in [5.74, 6) is -0.758. The fourth-order valence-corrected chi connectivity index (χ4v) is 3.11. The monoisotopic (exact) mass is 403 g/mol. The molecule has 4 rings (SSSR count). The molecular formula is C22H18FN5O2. The lowest BCUT2D eigenvalue weighted by Gasteiger charge is -2.12. The summed E-state index contributed by atoms with van der Waals surface area (Å²) in [6.07, 6.45) is 4.88. The van der Waals surface area contributed by atoms with Crippen LogP contribution in [-0.2, 0) is 0 Å². The minimum Gasteiger partial charge on any atom is -0.355 e. The SMILES string of the molecule is CNC(=O)c1cccc(NC(=O)c2cnn(-c3ccccc3F)c2-n2cccc2)c1. The number of para-hydroxylation sites is 1. The zero-order chi connectivity index (χ0) is 21.1. The molecule has 0 aliphatic carbocycles. The van der Waals surface area contributed by atoms with Gasteiger partial charge in [-0.15, -0.1) is 0 Å². The van der Waals surface area contributed by atoms with Crippen LogP contribution in [0.5, 0.6) is 0 Å². The fourth-order valence-electron chi connectivity index (χ4n) is 3.11. The van der Waals surface area contributed by atoms with E-state index in [0.717, 1.165) is 0 Å². The summed E-state index contributed by atoms with van der Waals surface area (Å²) in [5, 5.41) is 9.58. The van der Waals surface area contributed by atoms with Crippen LogP contribution in [0.3, 0.4) is 0 Å². The van der Waals surface area contributed by atoms with Crippen molar-refractivity contribution in [2.45, 2.75) is 0 Å². The molecule has 8 heteroatoms. The average molecular weight is 403 g/mol. The molecule has 0 fully saturated rings. The molecule has 4 aromatic rings. The highest BCUT2D eigenvalue weighted by atomic mass is 19.1. The minimum absolute atomic E-state index is 0.224. The molecule has 0 bridgehead atoms. The van der Waals surface area contributed by atoms with Crippen molar-refractivity contribution >= 4 is 17.5 Å². The Kier molecular flexibility index (Phi) is 5.13. The predicted octanol–water partition coefficient (Wildman–Crippen LogP) is 3.41. The van der Waals surface area contributed by atoms with Crippen molar-refractivity contribution in [3.8, 4) is 11.5 Å². The Morgan fingerprint density at radius 3 is 2.47 bits per heavy atom. The lowest BCUT2D eigenvalue weighted by atomic mass is 10.2. The highest BCUT2D eigenvalue weighted by Crippen LogP contribution is 2.23. The smallest absolute Gasteiger partial charge is 0.261 e. The van der Waals surface area contributed by atoms with Crippen molar-refractivity contribution in [1.29, 1.82) is 0 Å². The number of nitrogens with zero attached hydrogens (tertiary/aromatic N) is 3. The summed E-state index contributed by atoms with van der Waals surface area (Å²) < 4.78 is 17.5. The molecular weight excluding hydrogens is 385 g/mol. The summed E-state index contributed by atoms with van der Waals surface area (Å²) in [7, 11) is 1.54. The van der Waals surface area contributed by atoms with Gasteiger partial charge >= 0.3 is 0 Å². The lowest BCUT2D eigenvalue weighted by molar-refractivity contribution is 0.0961. The average Bonchev–Trinajstić information content (AvgIpc) is 3.43. The van der Waals surface area contributed by atoms with Gasteiger partial charge < -0.3 is 15.2 Å². The van der Waals surface area contributed by atoms with Gasteiger partial charge in [-0.25, -0.2) is 9.07 Å². The minimum atomic E-state index is -0.459. The number of benzene rings is 2. The number of carbonyl (C=O) groups is 2. The Hall–Kier alpha value is -4.20. The van der Waals surface area contributed by atoms with Crippen LogP contribution in [0.2, 0.25) is 0 Å². The van der Waals surface area contributed by atoms with Crippen LogP contribution in [-0.4, -0.2) is 33.2 Å². The van der Waals surface area contributed by atoms with Gasteiger partial charge in [0.25, 0.3) is 11.8 Å². The molecule has 30 heavy (non-hydrogen) atoms. The van der Waals surface area contributed by atoms with Gasteiger partial charge in [0.05, 0.1) is 6.20 Å². The van der Waals surface area contributed by atoms with Gasteiger partial charge in [-0.05, 0) is 42.5 Å². The van der Waals surface area contributed by atoms with E-state index < -0.39 is 11.7 Å². The number of hydrogen-bond donors (Lipinski definition) is 2. The molecule has 150 valence electrons. The fraction of sp³-hybridized carbons (Fsp3) is 0.0455. The Bertz CT molecular complexity index is 1210. The normalized spacial score (nSPS) is 10.6. The van der Waals surface area contributed by atoms with Crippen molar-refractivity contribution in [1.82, 2.24) is 19.7 Å². The molecule has 0 spiro atoms. The number of rotatable bonds is 5. The van der Waals surface area contributed by atoms with Crippen LogP contribution < -0.4 is 10.6 Å². The third-order valence-electron chi connectivity index (χ3n) is 4.53. The second-order valence-corrected chi connectivity index (χ2v) is 6.45. The van der Waals surface area contributed by atoms with Gasteiger partial charge in [0.15, 0.2) is 5.82 Å². The number of anilines is 1. The first-order valence-corrected chi connectivity index (χ1v) is 9.18. The number of carbonyl (C=O) groups excluding carboxylic acids is 2. The van der Waals surface area contributed by atoms with E-state index >= 15 is 0 Å².